The third-order valence-corrected chi connectivity index (χ3v) is 1.51. The molecule has 0 saturated carbocycles. The van der Waals surface area contributed by atoms with E-state index >= 15 is 0 Å². The van der Waals surface area contributed by atoms with Crippen LogP contribution in [0.1, 0.15) is 0 Å². The van der Waals surface area contributed by atoms with E-state index in [0.29, 0.717) is 0 Å². The normalized spacial score (nSPS) is 17.4. The fourth-order valence-corrected chi connectivity index (χ4v) is 0.855. The largest absolute Gasteiger partial charge is 0.282 e. The monoisotopic (exact) mass is 128 g/mol. The van der Waals surface area contributed by atoms with Crippen LogP contribution in [-0.2, 0) is 0 Å². The number of hydrogen-bond acceptors (Lipinski definition) is 3. The molecule has 2 nitrogen and oxygen atoms in total. The van der Waals surface area contributed by atoms with E-state index in [9.17, 15) is 0 Å². The number of aliphatic imine (C=N–C) groups is 1. The molecule has 0 aliphatic carbocycles. The van der Waals surface area contributed by atoms with Crippen LogP contribution >= 0.6 is 11.9 Å². The molecule has 0 atom stereocenters. The highest BCUT2D eigenvalue weighted by molar-refractivity contribution is 7.96. The van der Waals surface area contributed by atoms with E-state index in [0.717, 1.165) is 6.54 Å². The van der Waals surface area contributed by atoms with E-state index in [4.69, 9.17) is 0 Å². The molecule has 0 amide bonds. The van der Waals surface area contributed by atoms with Crippen molar-refractivity contribution in [3.8, 4) is 0 Å². The Bertz CT molecular complexity index is 108. The van der Waals surface area contributed by atoms with Crippen LogP contribution in [0.5, 0.6) is 0 Å². The van der Waals surface area contributed by atoms with Gasteiger partial charge in [0.15, 0.2) is 0 Å². The molecule has 0 saturated heterocycles. The molecule has 0 unspecified atom stereocenters. The van der Waals surface area contributed by atoms with Crippen molar-refractivity contribution in [2.24, 2.45) is 4.99 Å². The summed E-state index contributed by atoms with van der Waals surface area (Å²) < 4.78 is 1.96. The van der Waals surface area contributed by atoms with Gasteiger partial charge in [-0.15, -0.1) is 0 Å². The summed E-state index contributed by atoms with van der Waals surface area (Å²) in [6.07, 6.45) is 7.88. The maximum Gasteiger partial charge on any atom is 0.0994 e. The summed E-state index contributed by atoms with van der Waals surface area (Å²) in [6.45, 7) is 0.830. The molecule has 0 aromatic carbocycles. The summed E-state index contributed by atoms with van der Waals surface area (Å²) in [5.74, 6) is 0. The zero-order valence-electron chi connectivity index (χ0n) is 4.74. The predicted octanol–water partition coefficient (Wildman–Crippen LogP) is 1.12. The van der Waals surface area contributed by atoms with Crippen molar-refractivity contribution in [1.29, 1.82) is 0 Å². The van der Waals surface area contributed by atoms with Crippen LogP contribution in [0, 0.1) is 0 Å². The first-order valence-electron chi connectivity index (χ1n) is 2.42. The quantitative estimate of drug-likeness (QED) is 0.492. The molecule has 8 heavy (non-hydrogen) atoms. The molecule has 0 aromatic rings. The molecular formula is C5H8N2S. The summed E-state index contributed by atoms with van der Waals surface area (Å²) in [5.41, 5.74) is 0. The summed E-state index contributed by atoms with van der Waals surface area (Å²) in [7, 11) is 0. The molecule has 3 heteroatoms. The minimum absolute atomic E-state index is 0.830. The lowest BCUT2D eigenvalue weighted by atomic mass is 10.6. The van der Waals surface area contributed by atoms with Gasteiger partial charge in [-0.05, 0) is 18.0 Å². The van der Waals surface area contributed by atoms with E-state index in [1.165, 1.54) is 0 Å². The molecular weight excluding hydrogens is 120 g/mol. The van der Waals surface area contributed by atoms with Crippen molar-refractivity contribution in [2.75, 3.05) is 12.8 Å². The van der Waals surface area contributed by atoms with Crippen LogP contribution in [0.25, 0.3) is 0 Å². The highest BCUT2D eigenvalue weighted by Crippen LogP contribution is 2.04. The fourth-order valence-electron chi connectivity index (χ4n) is 0.486. The lowest BCUT2D eigenvalue weighted by molar-refractivity contribution is 0.915. The van der Waals surface area contributed by atoms with Crippen molar-refractivity contribution in [3.05, 3.63) is 12.3 Å². The number of nitrogens with zero attached hydrogens (tertiary/aromatic N) is 2. The molecule has 0 aromatic heterocycles. The average molecular weight is 128 g/mol. The first-order valence-corrected chi connectivity index (χ1v) is 3.60. The van der Waals surface area contributed by atoms with E-state index in [1.54, 1.807) is 11.9 Å². The molecule has 1 rings (SSSR count). The van der Waals surface area contributed by atoms with Gasteiger partial charge < -0.3 is 0 Å². The van der Waals surface area contributed by atoms with Crippen LogP contribution in [0.2, 0.25) is 0 Å². The molecule has 0 N–H and O–H groups in total. The lowest BCUT2D eigenvalue weighted by Crippen LogP contribution is -2.07. The van der Waals surface area contributed by atoms with Gasteiger partial charge in [0.25, 0.3) is 0 Å². The van der Waals surface area contributed by atoms with Gasteiger partial charge in [-0.1, -0.05) is 0 Å². The highest BCUT2D eigenvalue weighted by atomic mass is 32.2. The smallest absolute Gasteiger partial charge is 0.0994 e. The molecule has 0 radical (unpaired) electrons. The van der Waals surface area contributed by atoms with Crippen molar-refractivity contribution in [3.63, 3.8) is 0 Å². The Morgan fingerprint density at radius 2 is 2.62 bits per heavy atom. The molecule has 1 heterocycles. The molecule has 0 spiro atoms. The minimum atomic E-state index is 0.830. The zero-order chi connectivity index (χ0) is 5.82. The van der Waals surface area contributed by atoms with Gasteiger partial charge in [0.1, 0.15) is 0 Å². The van der Waals surface area contributed by atoms with Gasteiger partial charge in [0.2, 0.25) is 0 Å². The van der Waals surface area contributed by atoms with Crippen molar-refractivity contribution in [1.82, 2.24) is 4.31 Å². The number of rotatable bonds is 1. The Morgan fingerprint density at radius 1 is 1.75 bits per heavy atom. The van der Waals surface area contributed by atoms with Crippen molar-refractivity contribution >= 4 is 18.3 Å². The SMILES string of the molecule is CSN1C=CCN=C1. The topological polar surface area (TPSA) is 15.6 Å². The third kappa shape index (κ3) is 1.26. The summed E-state index contributed by atoms with van der Waals surface area (Å²) in [6, 6.07) is 0. The first-order chi connectivity index (χ1) is 3.93. The zero-order valence-corrected chi connectivity index (χ0v) is 5.56. The molecule has 44 valence electrons. The summed E-state index contributed by atoms with van der Waals surface area (Å²) in [5, 5.41) is 0. The van der Waals surface area contributed by atoms with Crippen LogP contribution < -0.4 is 0 Å². The van der Waals surface area contributed by atoms with Gasteiger partial charge in [-0.25, -0.2) is 0 Å². The van der Waals surface area contributed by atoms with Gasteiger partial charge in [0.05, 0.1) is 12.9 Å². The maximum absolute atomic E-state index is 4.02. The fraction of sp³-hybridized carbons (Fsp3) is 0.400. The Hall–Kier alpha value is -0.440. The van der Waals surface area contributed by atoms with E-state index in [2.05, 4.69) is 4.99 Å². The number of hydrogen-bond donors (Lipinski definition) is 0. The minimum Gasteiger partial charge on any atom is -0.282 e. The first kappa shape index (κ1) is 5.69. The second-order valence-electron chi connectivity index (χ2n) is 1.41. The highest BCUT2D eigenvalue weighted by Gasteiger charge is 1.91. The summed E-state index contributed by atoms with van der Waals surface area (Å²) >= 11 is 1.64. The molecule has 0 bridgehead atoms. The Balaban J connectivity index is 2.42. The van der Waals surface area contributed by atoms with E-state index < -0.39 is 0 Å². The third-order valence-electron chi connectivity index (χ3n) is 0.869. The lowest BCUT2D eigenvalue weighted by Gasteiger charge is -2.11. The Kier molecular flexibility index (Phi) is 1.97. The second kappa shape index (κ2) is 2.77. The van der Waals surface area contributed by atoms with Crippen LogP contribution in [0.4, 0.5) is 0 Å². The Labute approximate surface area is 53.4 Å². The van der Waals surface area contributed by atoms with Gasteiger partial charge in [-0.2, -0.15) is 0 Å². The maximum atomic E-state index is 4.02. The van der Waals surface area contributed by atoms with Gasteiger partial charge in [-0.3, -0.25) is 9.30 Å². The van der Waals surface area contributed by atoms with Gasteiger partial charge in [0, 0.05) is 12.5 Å². The van der Waals surface area contributed by atoms with Crippen LogP contribution in [-0.4, -0.2) is 23.4 Å². The molecule has 1 aliphatic rings. The van der Waals surface area contributed by atoms with Crippen molar-refractivity contribution in [2.45, 2.75) is 0 Å². The predicted molar refractivity (Wildman–Crippen MR) is 37.9 cm³/mol. The van der Waals surface area contributed by atoms with Crippen molar-refractivity contribution < 1.29 is 0 Å². The molecule has 0 fully saturated rings. The molecule has 1 aliphatic heterocycles. The summed E-state index contributed by atoms with van der Waals surface area (Å²) in [4.78, 5) is 4.02. The van der Waals surface area contributed by atoms with Crippen LogP contribution in [0.3, 0.4) is 0 Å². The van der Waals surface area contributed by atoms with E-state index in [-0.39, 0.29) is 0 Å². The van der Waals surface area contributed by atoms with E-state index in [1.807, 2.05) is 29.2 Å². The standard InChI is InChI=1S/C5H8N2S/c1-8-7-4-2-3-6-5-7/h2,4-5H,3H2,1H3. The second-order valence-corrected chi connectivity index (χ2v) is 2.19. The Morgan fingerprint density at radius 3 is 3.00 bits per heavy atom. The van der Waals surface area contributed by atoms with Gasteiger partial charge >= 0.3 is 0 Å². The van der Waals surface area contributed by atoms with Crippen LogP contribution in [0.15, 0.2) is 17.3 Å². The average Bonchev–Trinajstić information content (AvgIpc) is 1.90.